The van der Waals surface area contributed by atoms with Crippen molar-refractivity contribution < 1.29 is 0 Å². The minimum absolute atomic E-state index is 0.453. The molecule has 0 unspecified atom stereocenters. The summed E-state index contributed by atoms with van der Waals surface area (Å²) in [7, 11) is -0.453. The van der Waals surface area contributed by atoms with Gasteiger partial charge in [0, 0.05) is 5.88 Å². The van der Waals surface area contributed by atoms with Gasteiger partial charge >= 0.3 is 0 Å². The fraction of sp³-hybridized carbons (Fsp3) is 0.600. The number of rotatable bonds is 2. The zero-order valence-electron chi connectivity index (χ0n) is 4.82. The molecule has 0 saturated heterocycles. The minimum Gasteiger partial charge on any atom is -0.122 e. The summed E-state index contributed by atoms with van der Waals surface area (Å²) in [6.07, 6.45) is 2.03. The van der Waals surface area contributed by atoms with Crippen LogP contribution in [0.15, 0.2) is 11.8 Å². The van der Waals surface area contributed by atoms with E-state index in [4.69, 9.17) is 11.6 Å². The van der Waals surface area contributed by atoms with Crippen LogP contribution in [0.2, 0.25) is 13.1 Å². The van der Waals surface area contributed by atoms with Crippen molar-refractivity contribution in [3.05, 3.63) is 11.8 Å². The first-order valence-corrected chi connectivity index (χ1v) is 6.01. The highest BCUT2D eigenvalue weighted by molar-refractivity contribution is 6.61. The maximum absolute atomic E-state index is 5.38. The quantitative estimate of drug-likeness (QED) is 0.399. The summed E-state index contributed by atoms with van der Waals surface area (Å²) in [5, 5.41) is 0. The highest BCUT2D eigenvalue weighted by Gasteiger charge is 1.81. The van der Waals surface area contributed by atoms with Crippen LogP contribution in [0.3, 0.4) is 0 Å². The van der Waals surface area contributed by atoms with Gasteiger partial charge in [-0.2, -0.15) is 0 Å². The van der Waals surface area contributed by atoms with E-state index in [2.05, 4.69) is 18.8 Å². The van der Waals surface area contributed by atoms with Gasteiger partial charge in [-0.05, 0) is 0 Å². The van der Waals surface area contributed by atoms with Crippen LogP contribution in [0.4, 0.5) is 0 Å². The number of hydrogen-bond acceptors (Lipinski definition) is 0. The molecule has 0 rings (SSSR count). The van der Waals surface area contributed by atoms with E-state index in [9.17, 15) is 0 Å². The van der Waals surface area contributed by atoms with Crippen LogP contribution in [0.5, 0.6) is 0 Å². The molecular weight excluding hydrogens is 124 g/mol. The maximum atomic E-state index is 5.38. The predicted octanol–water partition coefficient (Wildman–Crippen LogP) is 1.81. The van der Waals surface area contributed by atoms with Crippen LogP contribution in [0, 0.1) is 0 Å². The molecule has 0 atom stereocenters. The molecule has 7 heavy (non-hydrogen) atoms. The first-order valence-electron chi connectivity index (χ1n) is 2.50. The largest absolute Gasteiger partial charge is 0.122 e. The Kier molecular flexibility index (Phi) is 4.56. The molecule has 0 nitrogen and oxygen atoms in total. The molecule has 0 aromatic heterocycles. The third-order valence-corrected chi connectivity index (χ3v) is 1.83. The highest BCUT2D eigenvalue weighted by Crippen LogP contribution is 1.83. The van der Waals surface area contributed by atoms with Crippen LogP contribution in [-0.2, 0) is 0 Å². The molecule has 2 heteroatoms. The Morgan fingerprint density at radius 2 is 2.14 bits per heavy atom. The van der Waals surface area contributed by atoms with E-state index in [-0.39, 0.29) is 0 Å². The first kappa shape index (κ1) is 7.25. The summed E-state index contributed by atoms with van der Waals surface area (Å²) >= 11 is 5.38. The smallest absolute Gasteiger partial charge is 0.0550 e. The molecule has 0 spiro atoms. The molecule has 0 radical (unpaired) electrons. The van der Waals surface area contributed by atoms with Crippen molar-refractivity contribution in [3.63, 3.8) is 0 Å². The lowest BCUT2D eigenvalue weighted by molar-refractivity contribution is 1.76. The van der Waals surface area contributed by atoms with Gasteiger partial charge in [0.15, 0.2) is 0 Å². The summed E-state index contributed by atoms with van der Waals surface area (Å²) < 4.78 is 0. The van der Waals surface area contributed by atoms with Crippen molar-refractivity contribution in [2.45, 2.75) is 13.1 Å². The molecule has 0 N–H and O–H groups in total. The van der Waals surface area contributed by atoms with Crippen molar-refractivity contribution in [2.24, 2.45) is 0 Å². The summed E-state index contributed by atoms with van der Waals surface area (Å²) in [6, 6.07) is 0. The minimum atomic E-state index is -0.453. The summed E-state index contributed by atoms with van der Waals surface area (Å²) in [5.74, 6) is 0.672. The van der Waals surface area contributed by atoms with Crippen molar-refractivity contribution in [1.82, 2.24) is 0 Å². The van der Waals surface area contributed by atoms with Crippen molar-refractivity contribution in [2.75, 3.05) is 5.88 Å². The Balaban J connectivity index is 3.08. The van der Waals surface area contributed by atoms with Gasteiger partial charge in [0.2, 0.25) is 0 Å². The SMILES string of the molecule is C[SiH](C)C=CCCl. The lowest BCUT2D eigenvalue weighted by Gasteiger charge is -1.85. The zero-order chi connectivity index (χ0) is 5.70. The van der Waals surface area contributed by atoms with E-state index in [1.807, 2.05) is 6.08 Å². The van der Waals surface area contributed by atoms with E-state index < -0.39 is 8.80 Å². The first-order chi connectivity index (χ1) is 3.27. The molecule has 0 fully saturated rings. The molecule has 0 aliphatic carbocycles. The van der Waals surface area contributed by atoms with Gasteiger partial charge in [-0.1, -0.05) is 19.2 Å². The van der Waals surface area contributed by atoms with Crippen molar-refractivity contribution >= 4 is 20.4 Å². The fourth-order valence-corrected chi connectivity index (χ4v) is 1.28. The third kappa shape index (κ3) is 6.25. The lowest BCUT2D eigenvalue weighted by Crippen LogP contribution is -1.91. The second kappa shape index (κ2) is 4.41. The monoisotopic (exact) mass is 134 g/mol. The number of allylic oxidation sites excluding steroid dienone is 1. The number of hydrogen-bond donors (Lipinski definition) is 0. The molecule has 0 heterocycles. The van der Waals surface area contributed by atoms with Gasteiger partial charge < -0.3 is 0 Å². The average Bonchev–Trinajstić information content (AvgIpc) is 1.61. The molecule has 0 saturated carbocycles. The Labute approximate surface area is 51.8 Å². The number of alkyl halides is 1. The highest BCUT2D eigenvalue weighted by atomic mass is 35.5. The van der Waals surface area contributed by atoms with Crippen molar-refractivity contribution in [3.8, 4) is 0 Å². The Morgan fingerprint density at radius 3 is 2.29 bits per heavy atom. The third-order valence-electron chi connectivity index (χ3n) is 0.610. The molecule has 0 amide bonds. The van der Waals surface area contributed by atoms with Crippen molar-refractivity contribution in [1.29, 1.82) is 0 Å². The second-order valence-corrected chi connectivity index (χ2v) is 5.01. The second-order valence-electron chi connectivity index (χ2n) is 1.83. The molecule has 42 valence electrons. The van der Waals surface area contributed by atoms with Gasteiger partial charge in [-0.25, -0.2) is 0 Å². The van der Waals surface area contributed by atoms with Crippen LogP contribution < -0.4 is 0 Å². The maximum Gasteiger partial charge on any atom is 0.0550 e. The Hall–Kier alpha value is 0.247. The van der Waals surface area contributed by atoms with E-state index in [1.54, 1.807) is 0 Å². The fourth-order valence-electron chi connectivity index (χ4n) is 0.324. The molecule has 0 aliphatic rings. The Morgan fingerprint density at radius 1 is 1.57 bits per heavy atom. The van der Waals surface area contributed by atoms with E-state index in [0.29, 0.717) is 5.88 Å². The molecule has 0 aliphatic heterocycles. The van der Waals surface area contributed by atoms with Gasteiger partial charge in [-0.3, -0.25) is 0 Å². The number of halogens is 1. The van der Waals surface area contributed by atoms with Gasteiger partial charge in [0.1, 0.15) is 0 Å². The predicted molar refractivity (Wildman–Crippen MR) is 38.7 cm³/mol. The van der Waals surface area contributed by atoms with Gasteiger partial charge in [0.25, 0.3) is 0 Å². The summed E-state index contributed by atoms with van der Waals surface area (Å²) in [6.45, 7) is 4.53. The van der Waals surface area contributed by atoms with Gasteiger partial charge in [0.05, 0.1) is 8.80 Å². The standard InChI is InChI=1S/C5H11ClSi/c1-7(2)5-3-4-6/h3,5,7H,4H2,1-2H3. The van der Waals surface area contributed by atoms with Crippen LogP contribution >= 0.6 is 11.6 Å². The lowest BCUT2D eigenvalue weighted by atomic mass is 10.8. The molecule has 0 aromatic carbocycles. The zero-order valence-corrected chi connectivity index (χ0v) is 6.73. The van der Waals surface area contributed by atoms with Crippen LogP contribution in [0.25, 0.3) is 0 Å². The molecule has 0 bridgehead atoms. The summed E-state index contributed by atoms with van der Waals surface area (Å²) in [5.41, 5.74) is 2.23. The van der Waals surface area contributed by atoms with Crippen LogP contribution in [-0.4, -0.2) is 14.7 Å². The van der Waals surface area contributed by atoms with Gasteiger partial charge in [-0.15, -0.1) is 17.3 Å². The van der Waals surface area contributed by atoms with E-state index in [1.165, 1.54) is 0 Å². The summed E-state index contributed by atoms with van der Waals surface area (Å²) in [4.78, 5) is 0. The van der Waals surface area contributed by atoms with E-state index in [0.717, 1.165) is 0 Å². The van der Waals surface area contributed by atoms with Crippen LogP contribution in [0.1, 0.15) is 0 Å². The average molecular weight is 135 g/mol. The molecule has 0 aromatic rings. The Bertz CT molecular complexity index is 59.1. The molecular formula is C5H11ClSi. The van der Waals surface area contributed by atoms with E-state index >= 15 is 0 Å². The normalized spacial score (nSPS) is 11.4. The topological polar surface area (TPSA) is 0 Å².